The molecule has 0 saturated heterocycles. The SMILES string of the molecule is CN1CCC(Oc2c(F)cccc2F)c2ccc(-c3cccnn3)cc2C1. The van der Waals surface area contributed by atoms with Gasteiger partial charge in [0.25, 0.3) is 0 Å². The average Bonchev–Trinajstić information content (AvgIpc) is 2.83. The van der Waals surface area contributed by atoms with Crippen LogP contribution in [0.25, 0.3) is 11.3 Å². The first-order chi connectivity index (χ1) is 13.1. The van der Waals surface area contributed by atoms with Gasteiger partial charge < -0.3 is 9.64 Å². The Balaban J connectivity index is 1.72. The summed E-state index contributed by atoms with van der Waals surface area (Å²) in [5.74, 6) is -1.70. The van der Waals surface area contributed by atoms with Crippen molar-refractivity contribution in [3.05, 3.63) is 77.5 Å². The van der Waals surface area contributed by atoms with Gasteiger partial charge in [0.1, 0.15) is 6.10 Å². The van der Waals surface area contributed by atoms with Crippen molar-refractivity contribution in [1.82, 2.24) is 15.1 Å². The van der Waals surface area contributed by atoms with Crippen molar-refractivity contribution in [2.75, 3.05) is 13.6 Å². The van der Waals surface area contributed by atoms with E-state index in [9.17, 15) is 8.78 Å². The molecule has 1 atom stereocenters. The normalized spacial score (nSPS) is 17.2. The second-order valence-corrected chi connectivity index (χ2v) is 6.71. The van der Waals surface area contributed by atoms with E-state index in [0.717, 1.165) is 35.5 Å². The van der Waals surface area contributed by atoms with Gasteiger partial charge in [-0.3, -0.25) is 0 Å². The third-order valence-corrected chi connectivity index (χ3v) is 4.75. The maximum absolute atomic E-state index is 14.1. The van der Waals surface area contributed by atoms with E-state index in [1.807, 2.05) is 31.3 Å². The quantitative estimate of drug-likeness (QED) is 0.689. The van der Waals surface area contributed by atoms with Crippen molar-refractivity contribution < 1.29 is 13.5 Å². The first kappa shape index (κ1) is 17.5. The smallest absolute Gasteiger partial charge is 0.191 e. The topological polar surface area (TPSA) is 38.2 Å². The van der Waals surface area contributed by atoms with Crippen molar-refractivity contribution in [3.8, 4) is 17.0 Å². The van der Waals surface area contributed by atoms with E-state index >= 15 is 0 Å². The molecule has 27 heavy (non-hydrogen) atoms. The first-order valence-corrected chi connectivity index (χ1v) is 8.82. The van der Waals surface area contributed by atoms with Gasteiger partial charge in [-0.1, -0.05) is 18.2 Å². The Labute approximate surface area is 156 Å². The van der Waals surface area contributed by atoms with E-state index in [2.05, 4.69) is 21.2 Å². The molecule has 1 aliphatic rings. The highest BCUT2D eigenvalue weighted by Gasteiger charge is 2.25. The van der Waals surface area contributed by atoms with Crippen LogP contribution in [0.5, 0.6) is 5.75 Å². The Morgan fingerprint density at radius 3 is 2.63 bits per heavy atom. The van der Waals surface area contributed by atoms with Gasteiger partial charge in [0.2, 0.25) is 0 Å². The van der Waals surface area contributed by atoms with Crippen LogP contribution in [0.3, 0.4) is 0 Å². The summed E-state index contributed by atoms with van der Waals surface area (Å²) in [6.07, 6.45) is 1.85. The van der Waals surface area contributed by atoms with Gasteiger partial charge in [-0.15, -0.1) is 0 Å². The molecule has 0 aliphatic carbocycles. The van der Waals surface area contributed by atoms with Crippen molar-refractivity contribution in [1.29, 1.82) is 0 Å². The van der Waals surface area contributed by atoms with Crippen molar-refractivity contribution >= 4 is 0 Å². The number of fused-ring (bicyclic) bond motifs is 1. The molecule has 138 valence electrons. The number of rotatable bonds is 3. The van der Waals surface area contributed by atoms with E-state index in [1.165, 1.54) is 18.2 Å². The largest absolute Gasteiger partial charge is 0.480 e. The van der Waals surface area contributed by atoms with Gasteiger partial charge in [0.15, 0.2) is 17.4 Å². The van der Waals surface area contributed by atoms with Gasteiger partial charge in [0.05, 0.1) is 5.69 Å². The molecule has 0 amide bonds. The van der Waals surface area contributed by atoms with Crippen LogP contribution in [0, 0.1) is 11.6 Å². The minimum absolute atomic E-state index is 0.323. The minimum atomic E-state index is -0.690. The van der Waals surface area contributed by atoms with Gasteiger partial charge in [0, 0.05) is 31.3 Å². The van der Waals surface area contributed by atoms with Gasteiger partial charge in [-0.2, -0.15) is 10.2 Å². The maximum atomic E-state index is 14.1. The van der Waals surface area contributed by atoms with Crippen LogP contribution in [0.1, 0.15) is 23.7 Å². The lowest BCUT2D eigenvalue weighted by atomic mass is 9.97. The molecule has 4 rings (SSSR count). The summed E-state index contributed by atoms with van der Waals surface area (Å²) in [6, 6.07) is 13.4. The summed E-state index contributed by atoms with van der Waals surface area (Å²) in [7, 11) is 2.02. The Morgan fingerprint density at radius 1 is 1.07 bits per heavy atom. The van der Waals surface area contributed by atoms with Gasteiger partial charge in [-0.25, -0.2) is 8.78 Å². The summed E-state index contributed by atoms with van der Waals surface area (Å²) >= 11 is 0. The number of para-hydroxylation sites is 1. The molecule has 1 unspecified atom stereocenters. The minimum Gasteiger partial charge on any atom is -0.480 e. The molecule has 2 heterocycles. The Morgan fingerprint density at radius 2 is 1.89 bits per heavy atom. The fourth-order valence-electron chi connectivity index (χ4n) is 3.39. The second-order valence-electron chi connectivity index (χ2n) is 6.71. The molecular weight excluding hydrogens is 348 g/mol. The third-order valence-electron chi connectivity index (χ3n) is 4.75. The maximum Gasteiger partial charge on any atom is 0.191 e. The number of halogens is 2. The number of nitrogens with zero attached hydrogens (tertiary/aromatic N) is 3. The van der Waals surface area contributed by atoms with Crippen LogP contribution in [-0.4, -0.2) is 28.7 Å². The number of hydrogen-bond acceptors (Lipinski definition) is 4. The summed E-state index contributed by atoms with van der Waals surface area (Å²) in [5.41, 5.74) is 3.73. The van der Waals surface area contributed by atoms with Crippen LogP contribution < -0.4 is 4.74 Å². The standard InChI is InChI=1S/C21H19F2N3O/c1-26-11-9-20(27-21-17(22)4-2-5-18(21)23)16-8-7-14(12-15(16)13-26)19-6-3-10-24-25-19/h2-8,10,12,20H,9,11,13H2,1H3. The van der Waals surface area contributed by atoms with Crippen LogP contribution in [0.4, 0.5) is 8.78 Å². The number of hydrogen-bond donors (Lipinski definition) is 0. The molecule has 6 heteroatoms. The Bertz CT molecular complexity index is 929. The zero-order valence-corrected chi connectivity index (χ0v) is 14.9. The molecule has 0 fully saturated rings. The van der Waals surface area contributed by atoms with Crippen molar-refractivity contribution in [2.45, 2.75) is 19.1 Å². The highest BCUT2D eigenvalue weighted by molar-refractivity contribution is 5.60. The summed E-state index contributed by atoms with van der Waals surface area (Å²) in [4.78, 5) is 2.17. The second kappa shape index (κ2) is 7.40. The molecule has 0 bridgehead atoms. The van der Waals surface area contributed by atoms with Crippen molar-refractivity contribution in [3.63, 3.8) is 0 Å². The average molecular weight is 367 g/mol. The third kappa shape index (κ3) is 3.66. The highest BCUT2D eigenvalue weighted by Crippen LogP contribution is 2.34. The lowest BCUT2D eigenvalue weighted by Gasteiger charge is -2.20. The Kier molecular flexibility index (Phi) is 4.81. The molecule has 0 saturated carbocycles. The number of ether oxygens (including phenoxy) is 1. The van der Waals surface area contributed by atoms with Gasteiger partial charge in [-0.05, 0) is 48.5 Å². The van der Waals surface area contributed by atoms with Crippen LogP contribution in [0.15, 0.2) is 54.7 Å². The van der Waals surface area contributed by atoms with E-state index in [1.54, 1.807) is 6.20 Å². The summed E-state index contributed by atoms with van der Waals surface area (Å²) in [6.45, 7) is 1.49. The molecule has 3 aromatic rings. The van der Waals surface area contributed by atoms with E-state index in [0.29, 0.717) is 6.42 Å². The van der Waals surface area contributed by atoms with E-state index in [4.69, 9.17) is 4.74 Å². The first-order valence-electron chi connectivity index (χ1n) is 8.82. The molecule has 2 aromatic carbocycles. The lowest BCUT2D eigenvalue weighted by Crippen LogP contribution is -2.18. The van der Waals surface area contributed by atoms with Crippen LogP contribution in [0.2, 0.25) is 0 Å². The zero-order valence-electron chi connectivity index (χ0n) is 14.9. The highest BCUT2D eigenvalue weighted by atomic mass is 19.1. The van der Waals surface area contributed by atoms with E-state index in [-0.39, 0.29) is 5.75 Å². The predicted octanol–water partition coefficient (Wildman–Crippen LogP) is 4.38. The zero-order chi connectivity index (χ0) is 18.8. The molecule has 1 aromatic heterocycles. The Hall–Kier alpha value is -2.86. The van der Waals surface area contributed by atoms with Gasteiger partial charge >= 0.3 is 0 Å². The number of benzene rings is 2. The molecule has 0 spiro atoms. The van der Waals surface area contributed by atoms with Crippen LogP contribution >= 0.6 is 0 Å². The van der Waals surface area contributed by atoms with Crippen molar-refractivity contribution in [2.24, 2.45) is 0 Å². The summed E-state index contributed by atoms with van der Waals surface area (Å²) < 4.78 is 33.9. The molecule has 0 radical (unpaired) electrons. The molecule has 0 N–H and O–H groups in total. The number of aromatic nitrogens is 2. The molecule has 4 nitrogen and oxygen atoms in total. The molecule has 1 aliphatic heterocycles. The lowest BCUT2D eigenvalue weighted by molar-refractivity contribution is 0.167. The fourth-order valence-corrected chi connectivity index (χ4v) is 3.39. The van der Waals surface area contributed by atoms with Crippen LogP contribution in [-0.2, 0) is 6.54 Å². The summed E-state index contributed by atoms with van der Waals surface area (Å²) in [5, 5.41) is 8.08. The predicted molar refractivity (Wildman–Crippen MR) is 98.1 cm³/mol. The van der Waals surface area contributed by atoms with E-state index < -0.39 is 17.7 Å². The fraction of sp³-hybridized carbons (Fsp3) is 0.238. The molecular formula is C21H19F2N3O. The monoisotopic (exact) mass is 367 g/mol.